The number of nitrogens with zero attached hydrogens (tertiary/aromatic N) is 4. The third kappa shape index (κ3) is 4.05. The number of hydrogen-bond donors (Lipinski definition) is 0. The van der Waals surface area contributed by atoms with E-state index in [1.165, 1.54) is 23.9 Å². The van der Waals surface area contributed by atoms with E-state index in [4.69, 9.17) is 4.74 Å². The summed E-state index contributed by atoms with van der Waals surface area (Å²) in [5.41, 5.74) is 4.05. The van der Waals surface area contributed by atoms with Crippen molar-refractivity contribution in [2.75, 3.05) is 12.9 Å². The highest BCUT2D eigenvalue weighted by molar-refractivity contribution is 7.99. The zero-order valence-electron chi connectivity index (χ0n) is 18.3. The topological polar surface area (TPSA) is 61.9 Å². The smallest absolute Gasteiger partial charge is 0.191 e. The highest BCUT2D eigenvalue weighted by Gasteiger charge is 2.19. The Kier molecular flexibility index (Phi) is 6.14. The minimum Gasteiger partial charge on any atom is -0.496 e. The minimum atomic E-state index is -0.292. The summed E-state index contributed by atoms with van der Waals surface area (Å²) in [6.45, 7) is 3.83. The number of aromatic nitrogens is 4. The van der Waals surface area contributed by atoms with Gasteiger partial charge >= 0.3 is 0 Å². The van der Waals surface area contributed by atoms with Gasteiger partial charge in [0, 0.05) is 29.7 Å². The van der Waals surface area contributed by atoms with Crippen LogP contribution in [-0.2, 0) is 7.05 Å². The number of benzene rings is 2. The number of ether oxygens (including phenoxy) is 1. The lowest BCUT2D eigenvalue weighted by atomic mass is 10.2. The van der Waals surface area contributed by atoms with Gasteiger partial charge in [-0.1, -0.05) is 23.9 Å². The normalized spacial score (nSPS) is 11.0. The second-order valence-electron chi connectivity index (χ2n) is 7.37. The van der Waals surface area contributed by atoms with Crippen molar-refractivity contribution in [1.29, 1.82) is 0 Å². The fourth-order valence-electron chi connectivity index (χ4n) is 3.74. The Morgan fingerprint density at radius 1 is 1.09 bits per heavy atom. The fourth-order valence-corrected chi connectivity index (χ4v) is 4.54. The lowest BCUT2D eigenvalue weighted by Gasteiger charge is -2.10. The maximum Gasteiger partial charge on any atom is 0.191 e. The number of carbonyl (C=O) groups is 1. The molecule has 0 aliphatic carbocycles. The van der Waals surface area contributed by atoms with E-state index in [-0.39, 0.29) is 17.4 Å². The van der Waals surface area contributed by atoms with Crippen molar-refractivity contribution in [2.24, 2.45) is 7.05 Å². The van der Waals surface area contributed by atoms with E-state index in [9.17, 15) is 9.18 Å². The van der Waals surface area contributed by atoms with E-state index < -0.39 is 0 Å². The summed E-state index contributed by atoms with van der Waals surface area (Å²) in [6, 6.07) is 15.7. The molecule has 0 unspecified atom stereocenters. The van der Waals surface area contributed by atoms with Gasteiger partial charge in [0.2, 0.25) is 0 Å². The largest absolute Gasteiger partial charge is 0.496 e. The van der Waals surface area contributed by atoms with Crippen LogP contribution in [0, 0.1) is 19.7 Å². The average Bonchev–Trinajstić information content (AvgIpc) is 3.31. The zero-order chi connectivity index (χ0) is 22.8. The molecule has 32 heavy (non-hydrogen) atoms. The fraction of sp³-hybridized carbons (Fsp3) is 0.208. The van der Waals surface area contributed by atoms with Crippen molar-refractivity contribution in [2.45, 2.75) is 19.0 Å². The van der Waals surface area contributed by atoms with Gasteiger partial charge in [-0.2, -0.15) is 0 Å². The molecular formula is C24H23FN4O2S. The van der Waals surface area contributed by atoms with Crippen molar-refractivity contribution in [1.82, 2.24) is 19.3 Å². The van der Waals surface area contributed by atoms with Gasteiger partial charge in [0.05, 0.1) is 18.4 Å². The first kappa shape index (κ1) is 21.8. The Bertz CT molecular complexity index is 1280. The molecule has 2 aromatic carbocycles. The number of rotatable bonds is 7. The van der Waals surface area contributed by atoms with Crippen molar-refractivity contribution in [3.8, 4) is 22.8 Å². The molecule has 0 radical (unpaired) electrons. The Labute approximate surface area is 190 Å². The van der Waals surface area contributed by atoms with Gasteiger partial charge in [0.25, 0.3) is 0 Å². The average molecular weight is 451 g/mol. The van der Waals surface area contributed by atoms with Crippen LogP contribution in [0.5, 0.6) is 5.75 Å². The molecule has 0 bridgehead atoms. The van der Waals surface area contributed by atoms with Gasteiger partial charge < -0.3 is 13.9 Å². The van der Waals surface area contributed by atoms with Crippen LogP contribution in [0.4, 0.5) is 4.39 Å². The van der Waals surface area contributed by atoms with Gasteiger partial charge in [-0.3, -0.25) is 4.79 Å². The second-order valence-corrected chi connectivity index (χ2v) is 8.32. The summed E-state index contributed by atoms with van der Waals surface area (Å²) < 4.78 is 22.5. The molecule has 2 aromatic heterocycles. The zero-order valence-corrected chi connectivity index (χ0v) is 19.1. The summed E-state index contributed by atoms with van der Waals surface area (Å²) in [7, 11) is 3.49. The molecule has 8 heteroatoms. The number of thioether (sulfide) groups is 1. The van der Waals surface area contributed by atoms with E-state index in [1.807, 2.05) is 60.4 Å². The van der Waals surface area contributed by atoms with Crippen LogP contribution < -0.4 is 4.74 Å². The van der Waals surface area contributed by atoms with Crippen LogP contribution in [0.25, 0.3) is 17.1 Å². The third-order valence-electron chi connectivity index (χ3n) is 5.33. The van der Waals surface area contributed by atoms with Crippen molar-refractivity contribution >= 4 is 17.5 Å². The van der Waals surface area contributed by atoms with Crippen LogP contribution in [-0.4, -0.2) is 38.0 Å². The molecule has 164 valence electrons. The summed E-state index contributed by atoms with van der Waals surface area (Å²) in [5, 5.41) is 9.20. The maximum atomic E-state index is 13.3. The van der Waals surface area contributed by atoms with Gasteiger partial charge in [-0.05, 0) is 56.3 Å². The monoisotopic (exact) mass is 450 g/mol. The van der Waals surface area contributed by atoms with Crippen molar-refractivity contribution < 1.29 is 13.9 Å². The van der Waals surface area contributed by atoms with E-state index in [0.717, 1.165) is 22.6 Å². The predicted molar refractivity (Wildman–Crippen MR) is 123 cm³/mol. The Morgan fingerprint density at radius 3 is 2.53 bits per heavy atom. The Hall–Kier alpha value is -3.39. The molecule has 0 aliphatic heterocycles. The minimum absolute atomic E-state index is 0.00157. The third-order valence-corrected chi connectivity index (χ3v) is 6.35. The lowest BCUT2D eigenvalue weighted by Crippen LogP contribution is -2.06. The van der Waals surface area contributed by atoms with Crippen LogP contribution in [0.1, 0.15) is 21.7 Å². The molecule has 0 amide bonds. The van der Waals surface area contributed by atoms with E-state index >= 15 is 0 Å². The standard InChI is InChI=1S/C24H23FN4O2S/c1-15-13-20(16(2)29(15)18-11-9-17(25)10-12-18)21(30)14-32-24-27-26-23(28(24)3)19-7-5-6-8-22(19)31-4/h5-13H,14H2,1-4H3. The quantitative estimate of drug-likeness (QED) is 0.293. The summed E-state index contributed by atoms with van der Waals surface area (Å²) >= 11 is 1.34. The lowest BCUT2D eigenvalue weighted by molar-refractivity contribution is 0.102. The first-order valence-corrected chi connectivity index (χ1v) is 11.0. The molecule has 0 fully saturated rings. The highest BCUT2D eigenvalue weighted by atomic mass is 32.2. The van der Waals surface area contributed by atoms with Gasteiger partial charge in [0.15, 0.2) is 16.8 Å². The molecule has 4 aromatic rings. The van der Waals surface area contributed by atoms with Crippen LogP contribution >= 0.6 is 11.8 Å². The summed E-state index contributed by atoms with van der Waals surface area (Å²) in [4.78, 5) is 13.0. The van der Waals surface area contributed by atoms with E-state index in [1.54, 1.807) is 19.2 Å². The molecule has 6 nitrogen and oxygen atoms in total. The van der Waals surface area contributed by atoms with Crippen molar-refractivity contribution in [3.05, 3.63) is 77.4 Å². The molecule has 0 atom stereocenters. The highest BCUT2D eigenvalue weighted by Crippen LogP contribution is 2.30. The Morgan fingerprint density at radius 2 is 1.81 bits per heavy atom. The van der Waals surface area contributed by atoms with Crippen LogP contribution in [0.15, 0.2) is 59.8 Å². The predicted octanol–water partition coefficient (Wildman–Crippen LogP) is 5.01. The molecule has 2 heterocycles. The van der Waals surface area contributed by atoms with Gasteiger partial charge in [-0.25, -0.2) is 4.39 Å². The van der Waals surface area contributed by atoms with Crippen molar-refractivity contribution in [3.63, 3.8) is 0 Å². The van der Waals surface area contributed by atoms with Crippen LogP contribution in [0.2, 0.25) is 0 Å². The molecule has 0 saturated heterocycles. The summed E-state index contributed by atoms with van der Waals surface area (Å²) in [5.74, 6) is 1.32. The molecular weight excluding hydrogens is 427 g/mol. The van der Waals surface area contributed by atoms with Gasteiger partial charge in [-0.15, -0.1) is 10.2 Å². The number of Topliss-reactive ketones (excluding diaryl/α,β-unsaturated/α-hetero) is 1. The number of methoxy groups -OCH3 is 1. The van der Waals surface area contributed by atoms with E-state index in [0.29, 0.717) is 22.3 Å². The van der Waals surface area contributed by atoms with E-state index in [2.05, 4.69) is 10.2 Å². The SMILES string of the molecule is COc1ccccc1-c1nnc(SCC(=O)c2cc(C)n(-c3ccc(F)cc3)c2C)n1C. The second kappa shape index (κ2) is 9.00. The number of halogens is 1. The first-order chi connectivity index (χ1) is 15.4. The molecule has 0 spiro atoms. The number of aryl methyl sites for hydroxylation is 1. The molecule has 0 saturated carbocycles. The van der Waals surface area contributed by atoms with Gasteiger partial charge in [0.1, 0.15) is 11.6 Å². The van der Waals surface area contributed by atoms with Crippen LogP contribution in [0.3, 0.4) is 0 Å². The summed E-state index contributed by atoms with van der Waals surface area (Å²) in [6.07, 6.45) is 0. The molecule has 0 N–H and O–H groups in total. The maximum absolute atomic E-state index is 13.3. The Balaban J connectivity index is 1.53. The number of hydrogen-bond acceptors (Lipinski definition) is 5. The number of para-hydroxylation sites is 1. The number of ketones is 1. The molecule has 0 aliphatic rings. The molecule has 4 rings (SSSR count). The first-order valence-electron chi connectivity index (χ1n) is 10.0. The number of carbonyl (C=O) groups excluding carboxylic acids is 1.